The first kappa shape index (κ1) is 23.1. The van der Waals surface area contributed by atoms with E-state index in [1.54, 1.807) is 4.31 Å². The molecule has 2 atom stereocenters. The summed E-state index contributed by atoms with van der Waals surface area (Å²) >= 11 is 0. The molecule has 1 aromatic heterocycles. The highest BCUT2D eigenvalue weighted by Crippen LogP contribution is 2.37. The smallest absolute Gasteiger partial charge is 0.250 e. The third-order valence-electron chi connectivity index (χ3n) is 7.32. The van der Waals surface area contributed by atoms with Crippen molar-refractivity contribution in [2.45, 2.75) is 38.1 Å². The largest absolute Gasteiger partial charge is 0.366 e. The molecule has 2 aliphatic rings. The van der Waals surface area contributed by atoms with Crippen LogP contribution in [0.25, 0.3) is 22.0 Å². The number of aromatic nitrogens is 1. The van der Waals surface area contributed by atoms with Crippen LogP contribution in [0.15, 0.2) is 48.7 Å². The Labute approximate surface area is 201 Å². The van der Waals surface area contributed by atoms with Crippen LogP contribution in [0.2, 0.25) is 0 Å². The van der Waals surface area contributed by atoms with Crippen LogP contribution in [0.4, 0.5) is 0 Å². The van der Waals surface area contributed by atoms with E-state index in [4.69, 9.17) is 5.73 Å². The summed E-state index contributed by atoms with van der Waals surface area (Å²) in [7, 11) is -3.23. The van der Waals surface area contributed by atoms with Crippen molar-refractivity contribution in [1.82, 2.24) is 14.2 Å². The molecular formula is C26H32N4O3S. The molecule has 3 aromatic rings. The van der Waals surface area contributed by atoms with Crippen molar-refractivity contribution < 1.29 is 13.2 Å². The molecule has 0 spiro atoms. The first-order valence-electron chi connectivity index (χ1n) is 12.1. The minimum Gasteiger partial charge on any atom is -0.366 e. The summed E-state index contributed by atoms with van der Waals surface area (Å²) in [5, 5.41) is 0.990. The van der Waals surface area contributed by atoms with E-state index in [0.717, 1.165) is 53.5 Å². The molecule has 1 amide bonds. The van der Waals surface area contributed by atoms with Gasteiger partial charge in [-0.3, -0.25) is 9.69 Å². The van der Waals surface area contributed by atoms with Gasteiger partial charge in [0.25, 0.3) is 5.91 Å². The molecule has 180 valence electrons. The first-order chi connectivity index (χ1) is 16.3. The normalized spacial score (nSPS) is 21.7. The molecule has 3 N–H and O–H groups in total. The molecule has 0 bridgehead atoms. The molecule has 2 unspecified atom stereocenters. The van der Waals surface area contributed by atoms with Crippen LogP contribution in [0, 0.1) is 0 Å². The number of rotatable bonds is 8. The van der Waals surface area contributed by atoms with E-state index in [1.807, 2.05) is 42.6 Å². The average Bonchev–Trinajstić information content (AvgIpc) is 3.37. The Morgan fingerprint density at radius 1 is 1.12 bits per heavy atom. The van der Waals surface area contributed by atoms with Crippen molar-refractivity contribution in [3.63, 3.8) is 0 Å². The summed E-state index contributed by atoms with van der Waals surface area (Å²) < 4.78 is 27.4. The van der Waals surface area contributed by atoms with Crippen LogP contribution >= 0.6 is 0 Å². The lowest BCUT2D eigenvalue weighted by atomic mass is 9.88. The number of primary amides is 1. The first-order valence-corrected chi connectivity index (χ1v) is 13.7. The number of sulfonamides is 1. The van der Waals surface area contributed by atoms with Crippen LogP contribution in [-0.4, -0.2) is 66.5 Å². The molecular weight excluding hydrogens is 448 g/mol. The van der Waals surface area contributed by atoms with Gasteiger partial charge < -0.3 is 10.7 Å². The number of hydrogen-bond acceptors (Lipinski definition) is 4. The van der Waals surface area contributed by atoms with E-state index >= 15 is 0 Å². The predicted molar refractivity (Wildman–Crippen MR) is 135 cm³/mol. The van der Waals surface area contributed by atoms with E-state index in [9.17, 15) is 13.2 Å². The monoisotopic (exact) mass is 480 g/mol. The Kier molecular flexibility index (Phi) is 6.22. The summed E-state index contributed by atoms with van der Waals surface area (Å²) in [5.41, 5.74) is 10.0. The zero-order valence-corrected chi connectivity index (χ0v) is 20.4. The fourth-order valence-electron chi connectivity index (χ4n) is 5.21. The van der Waals surface area contributed by atoms with Crippen molar-refractivity contribution in [2.24, 2.45) is 5.73 Å². The number of nitrogens with zero attached hydrogens (tertiary/aromatic N) is 2. The standard InChI is InChI=1S/C26H32N4O3S/c1-18-17-29(18)10-5-13-34(32,33)30-11-8-20(9-12-30)24-16-28-25-22(24)14-21(15-23(25)26(27)31)19-6-3-2-4-7-19/h2-4,6-7,14-16,18,20,28H,5,8-13,17H2,1H3,(H2,27,31). The van der Waals surface area contributed by atoms with Gasteiger partial charge in [-0.05, 0) is 67.5 Å². The SMILES string of the molecule is CC1CN1CCCS(=O)(=O)N1CCC(c2c[nH]c3c(C(N)=O)cc(-c4ccccc4)cc23)CC1. The number of H-pyrrole nitrogens is 1. The fraction of sp³-hybridized carbons (Fsp3) is 0.423. The van der Waals surface area contributed by atoms with Gasteiger partial charge in [-0.25, -0.2) is 12.7 Å². The van der Waals surface area contributed by atoms with Crippen molar-refractivity contribution in [2.75, 3.05) is 31.9 Å². The second-order valence-corrected chi connectivity index (χ2v) is 11.7. The third-order valence-corrected chi connectivity index (χ3v) is 9.27. The van der Waals surface area contributed by atoms with Gasteiger partial charge in [-0.1, -0.05) is 30.3 Å². The van der Waals surface area contributed by atoms with Crippen LogP contribution in [0.3, 0.4) is 0 Å². The summed E-state index contributed by atoms with van der Waals surface area (Å²) in [5.74, 6) is -0.0180. The van der Waals surface area contributed by atoms with E-state index in [2.05, 4.69) is 22.9 Å². The molecule has 2 fully saturated rings. The maximum Gasteiger partial charge on any atom is 0.250 e. The van der Waals surface area contributed by atoms with Crippen LogP contribution in [0.5, 0.6) is 0 Å². The summed E-state index contributed by atoms with van der Waals surface area (Å²) in [6.07, 6.45) is 4.17. The van der Waals surface area contributed by atoms with Gasteiger partial charge in [0.1, 0.15) is 0 Å². The number of carbonyl (C=O) groups is 1. The Hall–Kier alpha value is -2.68. The predicted octanol–water partition coefficient (Wildman–Crippen LogP) is 3.54. The molecule has 7 nitrogen and oxygen atoms in total. The number of nitrogens with two attached hydrogens (primary N) is 1. The Balaban J connectivity index is 1.34. The minimum absolute atomic E-state index is 0.219. The van der Waals surface area contributed by atoms with Gasteiger partial charge in [0, 0.05) is 37.3 Å². The molecule has 3 heterocycles. The maximum absolute atomic E-state index is 12.8. The third kappa shape index (κ3) is 4.62. The molecule has 8 heteroatoms. The van der Waals surface area contributed by atoms with Gasteiger partial charge in [-0.2, -0.15) is 0 Å². The lowest BCUT2D eigenvalue weighted by Crippen LogP contribution is -2.39. The minimum atomic E-state index is -3.23. The molecule has 0 saturated carbocycles. The van der Waals surface area contributed by atoms with Gasteiger partial charge in [-0.15, -0.1) is 0 Å². The molecule has 0 radical (unpaired) electrons. The van der Waals surface area contributed by atoms with Crippen molar-refractivity contribution in [3.8, 4) is 11.1 Å². The van der Waals surface area contributed by atoms with Crippen molar-refractivity contribution in [1.29, 1.82) is 0 Å². The van der Waals surface area contributed by atoms with Gasteiger partial charge in [0.15, 0.2) is 0 Å². The molecule has 2 aromatic carbocycles. The van der Waals surface area contributed by atoms with Crippen LogP contribution < -0.4 is 5.73 Å². The Bertz CT molecular complexity index is 1290. The quantitative estimate of drug-likeness (QED) is 0.482. The Morgan fingerprint density at radius 3 is 2.47 bits per heavy atom. The van der Waals surface area contributed by atoms with E-state index in [1.165, 1.54) is 0 Å². The number of amides is 1. The molecule has 34 heavy (non-hydrogen) atoms. The number of aromatic amines is 1. The van der Waals surface area contributed by atoms with Gasteiger partial charge in [0.2, 0.25) is 10.0 Å². The number of carbonyl (C=O) groups excluding carboxylic acids is 1. The fourth-order valence-corrected chi connectivity index (χ4v) is 6.73. The van der Waals surface area contributed by atoms with E-state index in [0.29, 0.717) is 31.1 Å². The zero-order valence-electron chi connectivity index (χ0n) is 19.5. The van der Waals surface area contributed by atoms with Gasteiger partial charge in [0.05, 0.1) is 16.8 Å². The van der Waals surface area contributed by atoms with E-state index in [-0.39, 0.29) is 11.7 Å². The topological polar surface area (TPSA) is 99.3 Å². The molecule has 2 saturated heterocycles. The second-order valence-electron chi connectivity index (χ2n) is 9.61. The van der Waals surface area contributed by atoms with Crippen LogP contribution in [0.1, 0.15) is 48.0 Å². The molecule has 0 aliphatic carbocycles. The van der Waals surface area contributed by atoms with E-state index < -0.39 is 15.9 Å². The highest BCUT2D eigenvalue weighted by Gasteiger charge is 2.32. The number of fused-ring (bicyclic) bond motifs is 1. The summed E-state index contributed by atoms with van der Waals surface area (Å²) in [6, 6.07) is 14.5. The summed E-state index contributed by atoms with van der Waals surface area (Å²) in [6.45, 7) is 5.17. The number of benzene rings is 2. The molecule has 2 aliphatic heterocycles. The van der Waals surface area contributed by atoms with Gasteiger partial charge >= 0.3 is 0 Å². The number of hydrogen-bond donors (Lipinski definition) is 2. The van der Waals surface area contributed by atoms with Crippen LogP contribution in [-0.2, 0) is 10.0 Å². The number of piperidine rings is 1. The lowest BCUT2D eigenvalue weighted by Gasteiger charge is -2.31. The van der Waals surface area contributed by atoms with Crippen molar-refractivity contribution in [3.05, 3.63) is 59.8 Å². The summed E-state index contributed by atoms with van der Waals surface area (Å²) in [4.78, 5) is 17.8. The lowest BCUT2D eigenvalue weighted by molar-refractivity contribution is 0.100. The average molecular weight is 481 g/mol. The highest BCUT2D eigenvalue weighted by molar-refractivity contribution is 7.89. The maximum atomic E-state index is 12.8. The number of nitrogens with one attached hydrogen (secondary N) is 1. The zero-order chi connectivity index (χ0) is 23.9. The highest BCUT2D eigenvalue weighted by atomic mass is 32.2. The van der Waals surface area contributed by atoms with Crippen molar-refractivity contribution >= 4 is 26.8 Å². The second kappa shape index (κ2) is 9.17. The Morgan fingerprint density at radius 2 is 1.82 bits per heavy atom. The molecule has 5 rings (SSSR count).